The fourth-order valence-electron chi connectivity index (χ4n) is 4.35. The van der Waals surface area contributed by atoms with Gasteiger partial charge in [0.2, 0.25) is 0 Å². The van der Waals surface area contributed by atoms with Gasteiger partial charge in [-0.15, -0.1) is 13.2 Å². The van der Waals surface area contributed by atoms with Crippen molar-refractivity contribution in [2.24, 2.45) is 11.7 Å². The number of hydrogen-bond donors (Lipinski definition) is 1. The van der Waals surface area contributed by atoms with Crippen LogP contribution in [0.2, 0.25) is 0 Å². The fourth-order valence-corrected chi connectivity index (χ4v) is 4.35. The Morgan fingerprint density at radius 2 is 1.88 bits per heavy atom. The zero-order valence-corrected chi connectivity index (χ0v) is 22.2. The molecule has 40 heavy (non-hydrogen) atoms. The van der Waals surface area contributed by atoms with E-state index < -0.39 is 35.4 Å². The number of amides is 1. The monoisotopic (exact) mass is 559 g/mol. The molecule has 1 amide bonds. The van der Waals surface area contributed by atoms with Gasteiger partial charge in [-0.25, -0.2) is 9.37 Å². The van der Waals surface area contributed by atoms with Gasteiger partial charge >= 0.3 is 6.36 Å². The van der Waals surface area contributed by atoms with Gasteiger partial charge in [-0.05, 0) is 49.6 Å². The number of nitrogens with zero attached hydrogens (tertiary/aromatic N) is 4. The van der Waals surface area contributed by atoms with Crippen LogP contribution in [-0.4, -0.2) is 39.8 Å². The minimum absolute atomic E-state index is 0.0670. The van der Waals surface area contributed by atoms with Gasteiger partial charge in [-0.1, -0.05) is 44.2 Å². The molecule has 1 aromatic heterocycles. The predicted molar refractivity (Wildman–Crippen MR) is 139 cm³/mol. The Kier molecular flexibility index (Phi) is 9.65. The number of ether oxygens (including phenoxy) is 1. The maximum Gasteiger partial charge on any atom is 0.573 e. The van der Waals surface area contributed by atoms with Gasteiger partial charge in [-0.2, -0.15) is 5.26 Å². The van der Waals surface area contributed by atoms with Crippen molar-refractivity contribution in [1.82, 2.24) is 14.5 Å². The second-order valence-electron chi connectivity index (χ2n) is 9.45. The first-order chi connectivity index (χ1) is 18.9. The van der Waals surface area contributed by atoms with Crippen LogP contribution in [0, 0.1) is 30.0 Å². The van der Waals surface area contributed by atoms with E-state index >= 15 is 0 Å². The number of halogens is 4. The fraction of sp³-hybridized carbons (Fsp3) is 0.357. The molecule has 0 spiro atoms. The predicted octanol–water partition coefficient (Wildman–Crippen LogP) is 4.70. The summed E-state index contributed by atoms with van der Waals surface area (Å²) in [6.45, 7) is 5.45. The minimum Gasteiger partial charge on any atom is -0.403 e. The average molecular weight is 560 g/mol. The number of hydrogen-bond acceptors (Lipinski definition) is 6. The van der Waals surface area contributed by atoms with Crippen molar-refractivity contribution in [1.29, 1.82) is 5.26 Å². The highest BCUT2D eigenvalue weighted by atomic mass is 19.4. The molecule has 3 rings (SSSR count). The Hall–Kier alpha value is -4.24. The molecule has 8 nitrogen and oxygen atoms in total. The highest BCUT2D eigenvalue weighted by Gasteiger charge is 2.35. The van der Waals surface area contributed by atoms with Gasteiger partial charge in [0.15, 0.2) is 17.3 Å². The smallest absolute Gasteiger partial charge is 0.403 e. The minimum atomic E-state index is -5.11. The molecule has 0 aliphatic rings. The maximum atomic E-state index is 14.5. The summed E-state index contributed by atoms with van der Waals surface area (Å²) in [6, 6.07) is 12.5. The molecule has 1 heterocycles. The molecule has 0 bridgehead atoms. The van der Waals surface area contributed by atoms with Crippen LogP contribution in [0.4, 0.5) is 17.6 Å². The topological polar surface area (TPSA) is 114 Å². The van der Waals surface area contributed by atoms with E-state index in [9.17, 15) is 32.4 Å². The first-order valence-electron chi connectivity index (χ1n) is 12.5. The Morgan fingerprint density at radius 3 is 2.42 bits per heavy atom. The first kappa shape index (κ1) is 30.3. The van der Waals surface area contributed by atoms with Crippen LogP contribution in [-0.2, 0) is 6.54 Å². The number of alkyl halides is 3. The number of carbonyl (C=O) groups is 1. The van der Waals surface area contributed by atoms with Crippen molar-refractivity contribution >= 4 is 5.91 Å². The number of aromatic nitrogens is 2. The molecule has 3 aromatic rings. The Balaban J connectivity index is 2.17. The van der Waals surface area contributed by atoms with Crippen molar-refractivity contribution in [2.75, 3.05) is 13.1 Å². The number of nitrogens with two attached hydrogens (primary N) is 1. The zero-order valence-electron chi connectivity index (χ0n) is 22.2. The summed E-state index contributed by atoms with van der Waals surface area (Å²) < 4.78 is 57.5. The summed E-state index contributed by atoms with van der Waals surface area (Å²) in [4.78, 5) is 33.1. The molecule has 2 aromatic carbocycles. The summed E-state index contributed by atoms with van der Waals surface area (Å²) in [7, 11) is 0. The largest absolute Gasteiger partial charge is 0.573 e. The van der Waals surface area contributed by atoms with Crippen LogP contribution >= 0.6 is 0 Å². The van der Waals surface area contributed by atoms with Gasteiger partial charge in [-0.3, -0.25) is 14.2 Å². The third-order valence-electron chi connectivity index (χ3n) is 6.21. The van der Waals surface area contributed by atoms with Crippen molar-refractivity contribution in [3.8, 4) is 11.8 Å². The summed E-state index contributed by atoms with van der Waals surface area (Å²) in [6.07, 6.45) is -4.78. The van der Waals surface area contributed by atoms with Gasteiger partial charge in [0.05, 0.1) is 18.2 Å². The number of carbonyl (C=O) groups excluding carboxylic acids is 1. The second kappa shape index (κ2) is 12.7. The van der Waals surface area contributed by atoms with Crippen LogP contribution in [0.5, 0.6) is 5.75 Å². The third kappa shape index (κ3) is 7.04. The zero-order chi connectivity index (χ0) is 29.6. The lowest BCUT2D eigenvalue weighted by atomic mass is 9.98. The van der Waals surface area contributed by atoms with Crippen LogP contribution in [0.25, 0.3) is 0 Å². The molecule has 1 unspecified atom stereocenters. The molecule has 0 saturated carbocycles. The number of benzene rings is 2. The van der Waals surface area contributed by atoms with Crippen LogP contribution in [0.3, 0.4) is 0 Å². The molecule has 1 atom stereocenters. The van der Waals surface area contributed by atoms with Gasteiger partial charge in [0.25, 0.3) is 11.5 Å². The molecular formula is C28H29F4N5O3. The number of nitriles is 1. The standard InChI is InChI=1S/C28H29F4N5O3/c1-17(2)24(25-35-22(15-34)18(3)26(38)37(25)16-19-8-5-4-6-9-19)36(13-7-12-33)27(39)20-10-11-23(21(29)14-20)40-28(30,31)32/h4-6,8-11,14,17,24H,7,12-13,16,33H2,1-3H3. The highest BCUT2D eigenvalue weighted by molar-refractivity contribution is 5.94. The summed E-state index contributed by atoms with van der Waals surface area (Å²) in [5.41, 5.74) is 5.85. The van der Waals surface area contributed by atoms with Gasteiger partial charge < -0.3 is 15.4 Å². The Bertz CT molecular complexity index is 1450. The lowest BCUT2D eigenvalue weighted by molar-refractivity contribution is -0.275. The van der Waals surface area contributed by atoms with E-state index in [1.165, 1.54) is 16.4 Å². The molecular weight excluding hydrogens is 530 g/mol. The maximum absolute atomic E-state index is 14.5. The molecule has 212 valence electrons. The Labute approximate surface area is 228 Å². The summed E-state index contributed by atoms with van der Waals surface area (Å²) >= 11 is 0. The Morgan fingerprint density at radius 1 is 1.20 bits per heavy atom. The van der Waals surface area contributed by atoms with Crippen LogP contribution in [0.1, 0.15) is 59.3 Å². The molecule has 0 fully saturated rings. The van der Waals surface area contributed by atoms with E-state index in [1.54, 1.807) is 13.8 Å². The van der Waals surface area contributed by atoms with E-state index in [-0.39, 0.29) is 48.2 Å². The van der Waals surface area contributed by atoms with E-state index in [2.05, 4.69) is 9.72 Å². The van der Waals surface area contributed by atoms with Crippen LogP contribution < -0.4 is 16.0 Å². The molecule has 12 heteroatoms. The van der Waals surface area contributed by atoms with Crippen LogP contribution in [0.15, 0.2) is 53.3 Å². The lowest BCUT2D eigenvalue weighted by Gasteiger charge is -2.35. The van der Waals surface area contributed by atoms with Gasteiger partial charge in [0, 0.05) is 12.1 Å². The van der Waals surface area contributed by atoms with E-state index in [0.29, 0.717) is 12.5 Å². The summed E-state index contributed by atoms with van der Waals surface area (Å²) in [5.74, 6) is -3.38. The van der Waals surface area contributed by atoms with Gasteiger partial charge in [0.1, 0.15) is 11.9 Å². The molecule has 2 N–H and O–H groups in total. The lowest BCUT2D eigenvalue weighted by Crippen LogP contribution is -2.43. The van der Waals surface area contributed by atoms with Crippen molar-refractivity contribution < 1.29 is 27.1 Å². The molecule has 0 aliphatic carbocycles. The SMILES string of the molecule is Cc1c(C#N)nc(C(C(C)C)N(CCCN)C(=O)c2ccc(OC(F)(F)F)c(F)c2)n(Cc2ccccc2)c1=O. The normalized spacial score (nSPS) is 12.2. The molecule has 0 aliphatic heterocycles. The highest BCUT2D eigenvalue weighted by Crippen LogP contribution is 2.31. The van der Waals surface area contributed by atoms with E-state index in [1.807, 2.05) is 36.4 Å². The quantitative estimate of drug-likeness (QED) is 0.360. The molecule has 0 saturated heterocycles. The van der Waals surface area contributed by atoms with E-state index in [4.69, 9.17) is 5.73 Å². The second-order valence-corrected chi connectivity index (χ2v) is 9.45. The first-order valence-corrected chi connectivity index (χ1v) is 12.5. The molecule has 0 radical (unpaired) electrons. The van der Waals surface area contributed by atoms with E-state index in [0.717, 1.165) is 17.7 Å². The number of rotatable bonds is 10. The average Bonchev–Trinajstić information content (AvgIpc) is 2.90. The summed E-state index contributed by atoms with van der Waals surface area (Å²) in [5, 5.41) is 9.68. The van der Waals surface area contributed by atoms with Crippen molar-refractivity contribution in [3.63, 3.8) is 0 Å². The van der Waals surface area contributed by atoms with Crippen molar-refractivity contribution in [3.05, 3.63) is 92.9 Å². The third-order valence-corrected chi connectivity index (χ3v) is 6.21. The van der Waals surface area contributed by atoms with Crippen molar-refractivity contribution in [2.45, 2.75) is 46.1 Å².